The lowest BCUT2D eigenvalue weighted by molar-refractivity contribution is -0.00949. The number of carbonyl (C=O) groups is 1. The molecule has 0 amide bonds. The summed E-state index contributed by atoms with van der Waals surface area (Å²) >= 11 is 0. The highest BCUT2D eigenvalue weighted by atomic mass is 16.7. The minimum atomic E-state index is -0.649. The molecular formula is C32H44O6. The Morgan fingerprint density at radius 2 is 1.45 bits per heavy atom. The molecule has 0 aliphatic carbocycles. The predicted molar refractivity (Wildman–Crippen MR) is 147 cm³/mol. The van der Waals surface area contributed by atoms with Crippen molar-refractivity contribution in [1.82, 2.24) is 0 Å². The molecule has 4 rings (SSSR count). The van der Waals surface area contributed by atoms with E-state index in [1.807, 2.05) is 27.9 Å². The second kappa shape index (κ2) is 11.8. The van der Waals surface area contributed by atoms with Gasteiger partial charge in [0, 0.05) is 13.0 Å². The average molecular weight is 525 g/mol. The van der Waals surface area contributed by atoms with E-state index in [-0.39, 0.29) is 42.0 Å². The molecule has 0 bridgehead atoms. The van der Waals surface area contributed by atoms with Crippen LogP contribution >= 0.6 is 0 Å². The van der Waals surface area contributed by atoms with Crippen LogP contribution in [0.25, 0.3) is 0 Å². The first kappa shape index (κ1) is 28.6. The summed E-state index contributed by atoms with van der Waals surface area (Å²) in [5.74, 6) is 0.193. The molecule has 6 heteroatoms. The van der Waals surface area contributed by atoms with Gasteiger partial charge in [-0.15, -0.1) is 0 Å². The largest absolute Gasteiger partial charge is 0.508 e. The third-order valence-electron chi connectivity index (χ3n) is 7.87. The number of hydrogen-bond donors (Lipinski definition) is 0. The maximum atomic E-state index is 11.8. The monoisotopic (exact) mass is 524 g/mol. The Labute approximate surface area is 228 Å². The molecule has 0 saturated carbocycles. The Morgan fingerprint density at radius 1 is 0.895 bits per heavy atom. The van der Waals surface area contributed by atoms with Gasteiger partial charge < -0.3 is 23.7 Å². The SMILES string of the molecule is COC(CCC[C@@]1(C)O[C@@H]1CC[C@]1(C)O[C@H]1COC(=O)OC(C)(C)C)C(c1ccccc1)c1ccccc1. The number of epoxide rings is 2. The van der Waals surface area contributed by atoms with Crippen molar-refractivity contribution >= 4 is 6.16 Å². The van der Waals surface area contributed by atoms with Crippen LogP contribution < -0.4 is 0 Å². The third kappa shape index (κ3) is 7.58. The highest BCUT2D eigenvalue weighted by Crippen LogP contribution is 2.48. The molecule has 2 saturated heterocycles. The van der Waals surface area contributed by atoms with Gasteiger partial charge in [-0.05, 0) is 77.8 Å². The zero-order valence-electron chi connectivity index (χ0n) is 23.8. The van der Waals surface area contributed by atoms with Crippen LogP contribution in [0.15, 0.2) is 60.7 Å². The van der Waals surface area contributed by atoms with Gasteiger partial charge in [-0.2, -0.15) is 0 Å². The van der Waals surface area contributed by atoms with Crippen molar-refractivity contribution in [3.8, 4) is 0 Å². The molecule has 1 unspecified atom stereocenters. The van der Waals surface area contributed by atoms with Crippen molar-refractivity contribution in [1.29, 1.82) is 0 Å². The second-order valence-corrected chi connectivity index (χ2v) is 12.1. The fourth-order valence-electron chi connectivity index (χ4n) is 5.45. The topological polar surface area (TPSA) is 69.8 Å². The van der Waals surface area contributed by atoms with E-state index >= 15 is 0 Å². The first-order valence-corrected chi connectivity index (χ1v) is 13.9. The van der Waals surface area contributed by atoms with Gasteiger partial charge in [-0.1, -0.05) is 60.7 Å². The maximum absolute atomic E-state index is 11.8. The van der Waals surface area contributed by atoms with Gasteiger partial charge in [0.25, 0.3) is 0 Å². The molecule has 2 aliphatic rings. The Balaban J connectivity index is 1.22. The van der Waals surface area contributed by atoms with E-state index < -0.39 is 11.8 Å². The van der Waals surface area contributed by atoms with Crippen molar-refractivity contribution in [3.63, 3.8) is 0 Å². The molecule has 2 heterocycles. The van der Waals surface area contributed by atoms with Crippen molar-refractivity contribution < 1.29 is 28.5 Å². The molecule has 2 aromatic carbocycles. The molecule has 2 aromatic rings. The van der Waals surface area contributed by atoms with Crippen LogP contribution in [0.3, 0.4) is 0 Å². The maximum Gasteiger partial charge on any atom is 0.508 e. The second-order valence-electron chi connectivity index (χ2n) is 12.1. The molecule has 0 aromatic heterocycles. The molecule has 0 radical (unpaired) electrons. The normalized spacial score (nSPS) is 27.1. The van der Waals surface area contributed by atoms with E-state index in [4.69, 9.17) is 23.7 Å². The minimum absolute atomic E-state index is 0.0876. The van der Waals surface area contributed by atoms with Gasteiger partial charge in [0.1, 0.15) is 18.3 Å². The summed E-state index contributed by atoms with van der Waals surface area (Å²) in [6.45, 7) is 9.96. The molecule has 38 heavy (non-hydrogen) atoms. The van der Waals surface area contributed by atoms with E-state index in [1.165, 1.54) is 11.1 Å². The van der Waals surface area contributed by atoms with Crippen LogP contribution in [-0.2, 0) is 23.7 Å². The Kier molecular flexibility index (Phi) is 8.85. The van der Waals surface area contributed by atoms with Gasteiger partial charge in [0.15, 0.2) is 0 Å². The van der Waals surface area contributed by atoms with Crippen LogP contribution in [0.4, 0.5) is 4.79 Å². The van der Waals surface area contributed by atoms with Gasteiger partial charge in [0.05, 0.1) is 23.4 Å². The van der Waals surface area contributed by atoms with E-state index in [0.29, 0.717) is 0 Å². The van der Waals surface area contributed by atoms with Gasteiger partial charge in [-0.25, -0.2) is 4.79 Å². The highest BCUT2D eigenvalue weighted by molar-refractivity contribution is 5.60. The van der Waals surface area contributed by atoms with Crippen LogP contribution in [0, 0.1) is 0 Å². The van der Waals surface area contributed by atoms with Crippen LogP contribution in [0.1, 0.15) is 83.8 Å². The van der Waals surface area contributed by atoms with E-state index in [1.54, 1.807) is 0 Å². The molecule has 0 N–H and O–H groups in total. The Morgan fingerprint density at radius 3 is 2.00 bits per heavy atom. The summed E-state index contributed by atoms with van der Waals surface area (Å²) < 4.78 is 28.5. The lowest BCUT2D eigenvalue weighted by Crippen LogP contribution is -2.26. The van der Waals surface area contributed by atoms with Crippen molar-refractivity contribution in [2.45, 2.75) is 108 Å². The van der Waals surface area contributed by atoms with Gasteiger partial charge in [0.2, 0.25) is 0 Å². The lowest BCUT2D eigenvalue weighted by atomic mass is 9.83. The Hall–Kier alpha value is -2.41. The fraction of sp³-hybridized carbons (Fsp3) is 0.594. The average Bonchev–Trinajstić information content (AvgIpc) is 3.75. The van der Waals surface area contributed by atoms with Crippen LogP contribution in [-0.4, -0.2) is 55.0 Å². The van der Waals surface area contributed by atoms with E-state index in [0.717, 1.165) is 32.1 Å². The molecule has 6 nitrogen and oxygen atoms in total. The quantitative estimate of drug-likeness (QED) is 0.207. The number of carbonyl (C=O) groups excluding carboxylic acids is 1. The van der Waals surface area contributed by atoms with Crippen molar-refractivity contribution in [3.05, 3.63) is 71.8 Å². The number of methoxy groups -OCH3 is 1. The van der Waals surface area contributed by atoms with Crippen LogP contribution in [0.2, 0.25) is 0 Å². The molecule has 0 spiro atoms. The van der Waals surface area contributed by atoms with Crippen LogP contribution in [0.5, 0.6) is 0 Å². The highest BCUT2D eigenvalue weighted by Gasteiger charge is 2.57. The Bertz CT molecular complexity index is 995. The summed E-state index contributed by atoms with van der Waals surface area (Å²) in [6, 6.07) is 21.3. The van der Waals surface area contributed by atoms with Gasteiger partial charge in [-0.3, -0.25) is 0 Å². The predicted octanol–water partition coefficient (Wildman–Crippen LogP) is 7.05. The molecule has 208 valence electrons. The first-order valence-electron chi connectivity index (χ1n) is 13.9. The first-order chi connectivity index (χ1) is 18.0. The molecular weight excluding hydrogens is 480 g/mol. The zero-order chi connectivity index (χ0) is 27.4. The number of rotatable bonds is 13. The summed E-state index contributed by atoms with van der Waals surface area (Å²) in [4.78, 5) is 11.8. The van der Waals surface area contributed by atoms with Crippen molar-refractivity contribution in [2.24, 2.45) is 0 Å². The summed E-state index contributed by atoms with van der Waals surface area (Å²) in [7, 11) is 1.82. The lowest BCUT2D eigenvalue weighted by Gasteiger charge is -2.27. The molecule has 5 atom stereocenters. The number of ether oxygens (including phenoxy) is 5. The third-order valence-corrected chi connectivity index (χ3v) is 7.87. The van der Waals surface area contributed by atoms with Crippen molar-refractivity contribution in [2.75, 3.05) is 13.7 Å². The minimum Gasteiger partial charge on any atom is -0.431 e. The number of hydrogen-bond acceptors (Lipinski definition) is 6. The van der Waals surface area contributed by atoms with E-state index in [9.17, 15) is 4.79 Å². The summed E-state index contributed by atoms with van der Waals surface area (Å²) in [5, 5.41) is 0. The molecule has 2 fully saturated rings. The van der Waals surface area contributed by atoms with Gasteiger partial charge >= 0.3 is 6.16 Å². The van der Waals surface area contributed by atoms with E-state index in [2.05, 4.69) is 74.5 Å². The molecule has 2 aliphatic heterocycles. The summed E-state index contributed by atoms with van der Waals surface area (Å²) in [5.41, 5.74) is 1.63. The zero-order valence-corrected chi connectivity index (χ0v) is 23.8. The number of benzene rings is 2. The standard InChI is InChI=1S/C32H44O6/c1-30(2,3)38-29(33)35-22-27-32(5,37-27)21-19-26-31(4,36-26)20-13-18-25(34-6)28(23-14-9-7-10-15-23)24-16-11-8-12-17-24/h7-12,14-17,25-28H,13,18-22H2,1-6H3/t25?,26-,27+,31-,32+/m1/s1. The summed E-state index contributed by atoms with van der Waals surface area (Å²) in [6.07, 6.45) is 4.38. The smallest absolute Gasteiger partial charge is 0.431 e. The fourth-order valence-corrected chi connectivity index (χ4v) is 5.45.